The zero-order valence-corrected chi connectivity index (χ0v) is 12.0. The number of hydrogen-bond acceptors (Lipinski definition) is 4. The fourth-order valence-electron chi connectivity index (χ4n) is 5.43. The smallest absolute Gasteiger partial charge is 0.229 e. The van der Waals surface area contributed by atoms with Crippen molar-refractivity contribution >= 4 is 0 Å². The molecule has 6 rings (SSSR count). The quantitative estimate of drug-likeness (QED) is 0.916. The van der Waals surface area contributed by atoms with Crippen LogP contribution in [-0.2, 0) is 6.54 Å². The lowest BCUT2D eigenvalue weighted by atomic mass is 9.53. The molecule has 4 nitrogen and oxygen atoms in total. The second-order valence-corrected chi connectivity index (χ2v) is 7.87. The fraction of sp³-hybridized carbons (Fsp3) is 0.875. The van der Waals surface area contributed by atoms with E-state index in [0.717, 1.165) is 36.0 Å². The van der Waals surface area contributed by atoms with E-state index in [2.05, 4.69) is 15.5 Å². The van der Waals surface area contributed by atoms with Crippen molar-refractivity contribution in [2.45, 2.75) is 69.4 Å². The Labute approximate surface area is 119 Å². The summed E-state index contributed by atoms with van der Waals surface area (Å²) in [5.74, 6) is 5.26. The third-order valence-corrected chi connectivity index (χ3v) is 6.07. The highest BCUT2D eigenvalue weighted by Crippen LogP contribution is 2.55. The van der Waals surface area contributed by atoms with Crippen molar-refractivity contribution in [1.82, 2.24) is 15.5 Å². The number of rotatable bonds is 4. The molecule has 108 valence electrons. The van der Waals surface area contributed by atoms with Crippen molar-refractivity contribution in [2.75, 3.05) is 0 Å². The van der Waals surface area contributed by atoms with Crippen LogP contribution in [0.4, 0.5) is 0 Å². The van der Waals surface area contributed by atoms with Crippen LogP contribution >= 0.6 is 0 Å². The maximum Gasteiger partial charge on any atom is 0.229 e. The predicted octanol–water partition coefficient (Wildman–Crippen LogP) is 3.01. The summed E-state index contributed by atoms with van der Waals surface area (Å²) >= 11 is 0. The molecule has 5 aliphatic carbocycles. The molecule has 0 atom stereocenters. The van der Waals surface area contributed by atoms with E-state index in [1.165, 1.54) is 51.4 Å². The minimum Gasteiger partial charge on any atom is -0.339 e. The first kappa shape index (κ1) is 11.7. The predicted molar refractivity (Wildman–Crippen MR) is 74.0 cm³/mol. The number of nitrogens with zero attached hydrogens (tertiary/aromatic N) is 2. The van der Waals surface area contributed by atoms with Gasteiger partial charge in [-0.1, -0.05) is 5.16 Å². The summed E-state index contributed by atoms with van der Waals surface area (Å²) < 4.78 is 5.36. The van der Waals surface area contributed by atoms with Crippen molar-refractivity contribution < 1.29 is 4.52 Å². The Morgan fingerprint density at radius 3 is 2.30 bits per heavy atom. The van der Waals surface area contributed by atoms with Crippen molar-refractivity contribution in [3.63, 3.8) is 0 Å². The van der Waals surface area contributed by atoms with Crippen molar-refractivity contribution in [3.8, 4) is 0 Å². The highest BCUT2D eigenvalue weighted by Gasteiger charge is 2.50. The van der Waals surface area contributed by atoms with Gasteiger partial charge in [-0.15, -0.1) is 0 Å². The maximum absolute atomic E-state index is 5.36. The highest BCUT2D eigenvalue weighted by atomic mass is 16.5. The molecule has 1 heterocycles. The summed E-state index contributed by atoms with van der Waals surface area (Å²) in [6, 6.07) is 0. The Morgan fingerprint density at radius 2 is 1.70 bits per heavy atom. The maximum atomic E-state index is 5.36. The normalized spacial score (nSPS) is 42.3. The third-order valence-electron chi connectivity index (χ3n) is 6.07. The Bertz CT molecular complexity index is 484. The van der Waals surface area contributed by atoms with Gasteiger partial charge in [-0.2, -0.15) is 4.98 Å². The molecule has 0 radical (unpaired) electrons. The van der Waals surface area contributed by atoms with E-state index in [4.69, 9.17) is 4.52 Å². The first-order chi connectivity index (χ1) is 9.78. The zero-order valence-electron chi connectivity index (χ0n) is 12.0. The summed E-state index contributed by atoms with van der Waals surface area (Å²) in [5, 5.41) is 7.98. The Balaban J connectivity index is 1.28. The SMILES string of the molecule is C(NC12CC3CC(CC(C3)C1)C2)c1noc(C2CC2)n1. The lowest BCUT2D eigenvalue weighted by molar-refractivity contribution is -0.0209. The first-order valence-corrected chi connectivity index (χ1v) is 8.35. The van der Waals surface area contributed by atoms with Gasteiger partial charge in [-0.3, -0.25) is 0 Å². The van der Waals surface area contributed by atoms with Crippen molar-refractivity contribution in [3.05, 3.63) is 11.7 Å². The summed E-state index contributed by atoms with van der Waals surface area (Å²) in [6.45, 7) is 0.794. The molecule has 0 saturated heterocycles. The third kappa shape index (κ3) is 1.92. The first-order valence-electron chi connectivity index (χ1n) is 8.35. The molecule has 4 bridgehead atoms. The Kier molecular flexibility index (Phi) is 2.38. The van der Waals surface area contributed by atoms with Crippen LogP contribution in [0.15, 0.2) is 4.52 Å². The minimum absolute atomic E-state index is 0.398. The van der Waals surface area contributed by atoms with E-state index in [1.807, 2.05) is 0 Å². The molecule has 0 unspecified atom stereocenters. The largest absolute Gasteiger partial charge is 0.339 e. The second-order valence-electron chi connectivity index (χ2n) is 7.87. The molecule has 0 amide bonds. The molecule has 0 aliphatic heterocycles. The molecule has 1 aromatic heterocycles. The van der Waals surface area contributed by atoms with Gasteiger partial charge >= 0.3 is 0 Å². The molecular weight excluding hydrogens is 250 g/mol. The molecule has 1 N–H and O–H groups in total. The zero-order chi connectivity index (χ0) is 13.2. The van der Waals surface area contributed by atoms with Crippen LogP contribution in [0.25, 0.3) is 0 Å². The number of hydrogen-bond donors (Lipinski definition) is 1. The van der Waals surface area contributed by atoms with E-state index in [-0.39, 0.29) is 0 Å². The van der Waals surface area contributed by atoms with E-state index < -0.39 is 0 Å². The highest BCUT2D eigenvalue weighted by molar-refractivity contribution is 5.07. The van der Waals surface area contributed by atoms with E-state index in [0.29, 0.717) is 11.5 Å². The van der Waals surface area contributed by atoms with Crippen molar-refractivity contribution in [2.24, 2.45) is 17.8 Å². The van der Waals surface area contributed by atoms with Gasteiger partial charge in [0.2, 0.25) is 5.89 Å². The van der Waals surface area contributed by atoms with Gasteiger partial charge < -0.3 is 9.84 Å². The molecule has 4 heteroatoms. The van der Waals surface area contributed by atoms with Crippen LogP contribution in [0.3, 0.4) is 0 Å². The van der Waals surface area contributed by atoms with Gasteiger partial charge in [-0.05, 0) is 69.1 Å². The Morgan fingerprint density at radius 1 is 1.05 bits per heavy atom. The molecule has 5 aliphatic rings. The molecular formula is C16H23N3O. The molecule has 5 fully saturated rings. The van der Waals surface area contributed by atoms with Gasteiger partial charge in [-0.25, -0.2) is 0 Å². The van der Waals surface area contributed by atoms with Crippen LogP contribution in [0.5, 0.6) is 0 Å². The van der Waals surface area contributed by atoms with Gasteiger partial charge in [0, 0.05) is 11.5 Å². The summed E-state index contributed by atoms with van der Waals surface area (Å²) in [6.07, 6.45) is 11.1. The average Bonchev–Trinajstić information content (AvgIpc) is 3.14. The lowest BCUT2D eigenvalue weighted by Gasteiger charge is -2.57. The molecule has 1 aromatic rings. The van der Waals surface area contributed by atoms with Crippen LogP contribution in [0.2, 0.25) is 0 Å². The van der Waals surface area contributed by atoms with Gasteiger partial charge in [0.05, 0.1) is 6.54 Å². The summed E-state index contributed by atoms with van der Waals surface area (Å²) in [4.78, 5) is 4.55. The molecule has 20 heavy (non-hydrogen) atoms. The van der Waals surface area contributed by atoms with E-state index in [9.17, 15) is 0 Å². The number of nitrogens with one attached hydrogen (secondary N) is 1. The van der Waals surface area contributed by atoms with Crippen LogP contribution in [0, 0.1) is 17.8 Å². The van der Waals surface area contributed by atoms with Crippen molar-refractivity contribution in [1.29, 1.82) is 0 Å². The standard InChI is InChI=1S/C16H23N3O/c1-2-13(1)15-18-14(19-20-15)9-17-16-6-10-3-11(7-16)5-12(4-10)8-16/h10-13,17H,1-9H2. The molecule has 0 aromatic carbocycles. The monoisotopic (exact) mass is 273 g/mol. The molecule has 0 spiro atoms. The lowest BCUT2D eigenvalue weighted by Crippen LogP contribution is -2.58. The topological polar surface area (TPSA) is 51.0 Å². The fourth-order valence-corrected chi connectivity index (χ4v) is 5.43. The van der Waals surface area contributed by atoms with Crippen LogP contribution in [-0.4, -0.2) is 15.7 Å². The minimum atomic E-state index is 0.398. The Hall–Kier alpha value is -0.900. The molecule has 5 saturated carbocycles. The van der Waals surface area contributed by atoms with Gasteiger partial charge in [0.1, 0.15) is 0 Å². The summed E-state index contributed by atoms with van der Waals surface area (Å²) in [7, 11) is 0. The van der Waals surface area contributed by atoms with Gasteiger partial charge in [0.25, 0.3) is 0 Å². The van der Waals surface area contributed by atoms with E-state index >= 15 is 0 Å². The summed E-state index contributed by atoms with van der Waals surface area (Å²) in [5.41, 5.74) is 0.398. The second kappa shape index (κ2) is 4.06. The van der Waals surface area contributed by atoms with Crippen LogP contribution < -0.4 is 5.32 Å². The van der Waals surface area contributed by atoms with Crippen LogP contribution in [0.1, 0.15) is 69.0 Å². The average molecular weight is 273 g/mol. The van der Waals surface area contributed by atoms with Gasteiger partial charge in [0.15, 0.2) is 5.82 Å². The number of aromatic nitrogens is 2. The van der Waals surface area contributed by atoms with E-state index in [1.54, 1.807) is 0 Å².